The normalized spacial score (nSPS) is 16.6. The molecule has 3 rings (SSSR count). The average Bonchev–Trinajstić information content (AvgIpc) is 2.72. The first kappa shape index (κ1) is 21.2. The molecule has 158 valence electrons. The van der Waals surface area contributed by atoms with Gasteiger partial charge in [-0.3, -0.25) is 15.0 Å². The van der Waals surface area contributed by atoms with E-state index >= 15 is 0 Å². The van der Waals surface area contributed by atoms with E-state index in [1.807, 2.05) is 0 Å². The summed E-state index contributed by atoms with van der Waals surface area (Å²) in [4.78, 5) is 17.9. The number of guanidine groups is 1. The number of hydrogen-bond acceptors (Lipinski definition) is 6. The Labute approximate surface area is 170 Å². The molecule has 0 radical (unpaired) electrons. The first-order chi connectivity index (χ1) is 14.3. The monoisotopic (exact) mass is 421 g/mol. The van der Waals surface area contributed by atoms with Crippen LogP contribution in [0.1, 0.15) is 15.9 Å². The zero-order valence-electron chi connectivity index (χ0n) is 16.0. The molecule has 1 aliphatic rings. The van der Waals surface area contributed by atoms with Crippen molar-refractivity contribution in [2.45, 2.75) is 12.4 Å². The number of rotatable bonds is 4. The van der Waals surface area contributed by atoms with E-state index in [0.29, 0.717) is 0 Å². The first-order valence-corrected chi connectivity index (χ1v) is 8.68. The van der Waals surface area contributed by atoms with Gasteiger partial charge >= 0.3 is 6.18 Å². The Kier molecular flexibility index (Phi) is 5.97. The van der Waals surface area contributed by atoms with Crippen LogP contribution < -0.4 is 10.2 Å². The fraction of sp³-hybridized carbons (Fsp3) is 0.200. The fourth-order valence-corrected chi connectivity index (χ4v) is 2.90. The van der Waals surface area contributed by atoms with E-state index in [4.69, 9.17) is 9.47 Å². The average molecular weight is 421 g/mol. The third kappa shape index (κ3) is 4.23. The van der Waals surface area contributed by atoms with E-state index in [-0.39, 0.29) is 28.8 Å². The number of carbonyl (C=O) groups excluding carboxylic acids is 1. The molecule has 1 atom stereocenters. The summed E-state index contributed by atoms with van der Waals surface area (Å²) in [6.45, 7) is 0. The van der Waals surface area contributed by atoms with Crippen LogP contribution in [0.5, 0.6) is 5.75 Å². The van der Waals surface area contributed by atoms with Crippen molar-refractivity contribution in [2.24, 2.45) is 4.99 Å². The lowest BCUT2D eigenvalue weighted by atomic mass is 10.1. The largest absolute Gasteiger partial charge is 0.507 e. The van der Waals surface area contributed by atoms with Crippen LogP contribution in [0.4, 0.5) is 18.9 Å². The van der Waals surface area contributed by atoms with Crippen LogP contribution in [0.15, 0.2) is 65.5 Å². The number of ether oxygens (including phenoxy) is 2. The number of anilines is 1. The fourth-order valence-electron chi connectivity index (χ4n) is 2.90. The van der Waals surface area contributed by atoms with Crippen LogP contribution in [-0.4, -0.2) is 37.4 Å². The quantitative estimate of drug-likeness (QED) is 0.790. The highest BCUT2D eigenvalue weighted by Crippen LogP contribution is 2.38. The number of alkyl halides is 3. The van der Waals surface area contributed by atoms with Gasteiger partial charge in [-0.1, -0.05) is 24.3 Å². The van der Waals surface area contributed by atoms with Gasteiger partial charge < -0.3 is 14.6 Å². The summed E-state index contributed by atoms with van der Waals surface area (Å²) in [6, 6.07) is 10.6. The molecule has 0 aromatic heterocycles. The van der Waals surface area contributed by atoms with Crippen LogP contribution in [0, 0.1) is 0 Å². The van der Waals surface area contributed by atoms with Gasteiger partial charge in [0.2, 0.25) is 11.8 Å². The molecule has 1 amide bonds. The Bertz CT molecular complexity index is 1000. The SMILES string of the molecule is COC1=CC(OC)N(c2ccccc2C(F)(F)F)C(NC(=O)c2ccccc2O)=N1. The lowest BCUT2D eigenvalue weighted by Crippen LogP contribution is -2.52. The van der Waals surface area contributed by atoms with Crippen LogP contribution in [0.25, 0.3) is 0 Å². The number of aromatic hydroxyl groups is 1. The Morgan fingerprint density at radius 3 is 2.43 bits per heavy atom. The summed E-state index contributed by atoms with van der Waals surface area (Å²) in [5, 5.41) is 12.4. The summed E-state index contributed by atoms with van der Waals surface area (Å²) in [7, 11) is 2.62. The van der Waals surface area contributed by atoms with E-state index in [2.05, 4.69) is 10.3 Å². The van der Waals surface area contributed by atoms with Crippen molar-refractivity contribution in [1.82, 2.24) is 5.32 Å². The minimum atomic E-state index is -4.66. The molecule has 0 bridgehead atoms. The van der Waals surface area contributed by atoms with Crippen molar-refractivity contribution < 1.29 is 32.5 Å². The highest BCUT2D eigenvalue weighted by molar-refractivity contribution is 6.12. The summed E-state index contributed by atoms with van der Waals surface area (Å²) in [6.07, 6.45) is -4.35. The molecule has 7 nitrogen and oxygen atoms in total. The molecular formula is C20H18F3N3O4. The second-order valence-electron chi connectivity index (χ2n) is 6.13. The molecule has 0 fully saturated rings. The second kappa shape index (κ2) is 8.46. The van der Waals surface area contributed by atoms with Gasteiger partial charge in [0.1, 0.15) is 5.75 Å². The number of methoxy groups -OCH3 is 2. The number of phenols is 1. The van der Waals surface area contributed by atoms with Gasteiger partial charge in [0.15, 0.2) is 6.23 Å². The molecule has 30 heavy (non-hydrogen) atoms. The first-order valence-electron chi connectivity index (χ1n) is 8.68. The van der Waals surface area contributed by atoms with E-state index < -0.39 is 23.9 Å². The van der Waals surface area contributed by atoms with Gasteiger partial charge in [0.05, 0.1) is 23.9 Å². The highest BCUT2D eigenvalue weighted by atomic mass is 19.4. The number of aliphatic imine (C=N–C) groups is 1. The standard InChI is InChI=1S/C20H18F3N3O4/c1-29-16-11-17(30-2)26(14-9-5-4-8-13(14)20(21,22)23)19(24-16)25-18(28)12-7-3-6-10-15(12)27/h3-11,17,27H,1-2H3,(H,24,25,28). The van der Waals surface area contributed by atoms with E-state index in [1.54, 1.807) is 0 Å². The van der Waals surface area contributed by atoms with E-state index in [0.717, 1.165) is 11.0 Å². The number of para-hydroxylation sites is 2. The van der Waals surface area contributed by atoms with Gasteiger partial charge in [-0.2, -0.15) is 18.2 Å². The molecule has 0 aliphatic carbocycles. The molecule has 2 N–H and O–H groups in total. The number of nitrogens with one attached hydrogen (secondary N) is 1. The third-order valence-corrected chi connectivity index (χ3v) is 4.28. The Hall–Kier alpha value is -3.53. The lowest BCUT2D eigenvalue weighted by Gasteiger charge is -2.35. The molecule has 0 spiro atoms. The van der Waals surface area contributed by atoms with E-state index in [9.17, 15) is 23.1 Å². The summed E-state index contributed by atoms with van der Waals surface area (Å²) < 4.78 is 51.3. The summed E-state index contributed by atoms with van der Waals surface area (Å²) in [5.41, 5.74) is -1.29. The van der Waals surface area contributed by atoms with Crippen molar-refractivity contribution in [3.63, 3.8) is 0 Å². The van der Waals surface area contributed by atoms with Gasteiger partial charge in [-0.25, -0.2) is 0 Å². The maximum absolute atomic E-state index is 13.6. The van der Waals surface area contributed by atoms with Crippen molar-refractivity contribution in [3.05, 3.63) is 71.6 Å². The molecule has 1 aliphatic heterocycles. The number of benzene rings is 2. The molecule has 1 heterocycles. The highest BCUT2D eigenvalue weighted by Gasteiger charge is 2.38. The predicted molar refractivity (Wildman–Crippen MR) is 103 cm³/mol. The molecule has 10 heteroatoms. The number of nitrogens with zero attached hydrogens (tertiary/aromatic N) is 2. The summed E-state index contributed by atoms with van der Waals surface area (Å²) in [5.74, 6) is -1.28. The lowest BCUT2D eigenvalue weighted by molar-refractivity contribution is -0.137. The molecule has 0 saturated carbocycles. The zero-order chi connectivity index (χ0) is 21.9. The topological polar surface area (TPSA) is 83.4 Å². The minimum Gasteiger partial charge on any atom is -0.507 e. The molecule has 0 saturated heterocycles. The van der Waals surface area contributed by atoms with Gasteiger partial charge in [-0.05, 0) is 24.3 Å². The molecular weight excluding hydrogens is 403 g/mol. The third-order valence-electron chi connectivity index (χ3n) is 4.28. The van der Waals surface area contributed by atoms with Gasteiger partial charge in [-0.15, -0.1) is 0 Å². The predicted octanol–water partition coefficient (Wildman–Crippen LogP) is 3.48. The van der Waals surface area contributed by atoms with Crippen molar-refractivity contribution >= 4 is 17.6 Å². The molecule has 1 unspecified atom stereocenters. The van der Waals surface area contributed by atoms with Crippen molar-refractivity contribution in [1.29, 1.82) is 0 Å². The van der Waals surface area contributed by atoms with Crippen molar-refractivity contribution in [2.75, 3.05) is 19.1 Å². The van der Waals surface area contributed by atoms with Crippen LogP contribution in [0.3, 0.4) is 0 Å². The van der Waals surface area contributed by atoms with Crippen LogP contribution in [0.2, 0.25) is 0 Å². The maximum atomic E-state index is 13.6. The Morgan fingerprint density at radius 1 is 1.13 bits per heavy atom. The molecule has 2 aromatic carbocycles. The number of hydrogen-bond donors (Lipinski definition) is 2. The number of phenolic OH excluding ortho intramolecular Hbond substituents is 1. The maximum Gasteiger partial charge on any atom is 0.418 e. The number of carbonyl (C=O) groups is 1. The number of amides is 1. The van der Waals surface area contributed by atoms with Gasteiger partial charge in [0, 0.05) is 13.2 Å². The Morgan fingerprint density at radius 2 is 1.80 bits per heavy atom. The van der Waals surface area contributed by atoms with Crippen molar-refractivity contribution in [3.8, 4) is 5.75 Å². The Balaban J connectivity index is 2.08. The zero-order valence-corrected chi connectivity index (χ0v) is 16.0. The molecule has 2 aromatic rings. The van der Waals surface area contributed by atoms with Crippen LogP contribution in [-0.2, 0) is 15.7 Å². The van der Waals surface area contributed by atoms with Crippen LogP contribution >= 0.6 is 0 Å². The minimum absolute atomic E-state index is 0.0372. The van der Waals surface area contributed by atoms with Gasteiger partial charge in [0.25, 0.3) is 5.91 Å². The second-order valence-corrected chi connectivity index (χ2v) is 6.13. The van der Waals surface area contributed by atoms with E-state index in [1.165, 1.54) is 62.8 Å². The number of halogens is 3. The summed E-state index contributed by atoms with van der Waals surface area (Å²) >= 11 is 0. The smallest absolute Gasteiger partial charge is 0.418 e.